The van der Waals surface area contributed by atoms with E-state index in [9.17, 15) is 0 Å². The Bertz CT molecular complexity index is 253. The van der Waals surface area contributed by atoms with Crippen LogP contribution >= 0.6 is 0 Å². The molecule has 112 valence electrons. The van der Waals surface area contributed by atoms with Crippen LogP contribution in [0, 0.1) is 17.8 Å². The summed E-state index contributed by atoms with van der Waals surface area (Å²) >= 11 is 0. The Morgan fingerprint density at radius 1 is 1.21 bits per heavy atom. The Kier molecular flexibility index (Phi) is 6.11. The van der Waals surface area contributed by atoms with Gasteiger partial charge >= 0.3 is 0 Å². The van der Waals surface area contributed by atoms with Crippen molar-refractivity contribution in [3.05, 3.63) is 0 Å². The van der Waals surface area contributed by atoms with Gasteiger partial charge in [0.2, 0.25) is 0 Å². The van der Waals surface area contributed by atoms with Crippen molar-refractivity contribution in [1.82, 2.24) is 5.32 Å². The molecule has 1 aliphatic carbocycles. The summed E-state index contributed by atoms with van der Waals surface area (Å²) in [4.78, 5) is 0. The predicted molar refractivity (Wildman–Crippen MR) is 78.3 cm³/mol. The number of ether oxygens (including phenoxy) is 2. The number of hydrogen-bond acceptors (Lipinski definition) is 3. The van der Waals surface area contributed by atoms with Crippen LogP contribution in [0.25, 0.3) is 0 Å². The fourth-order valence-electron chi connectivity index (χ4n) is 3.38. The number of nitrogens with one attached hydrogen (secondary N) is 1. The molecule has 1 saturated heterocycles. The summed E-state index contributed by atoms with van der Waals surface area (Å²) in [6, 6.07) is 0.474. The molecule has 0 amide bonds. The standard InChI is InChI=1S/C16H31NO2/c1-4-17-16(14-7-8-18-10-14)11-19-15-6-5-12(2)13(3)9-15/h12-17H,4-11H2,1-3H3. The van der Waals surface area contributed by atoms with Gasteiger partial charge < -0.3 is 14.8 Å². The molecular formula is C16H31NO2. The van der Waals surface area contributed by atoms with Gasteiger partial charge in [-0.25, -0.2) is 0 Å². The van der Waals surface area contributed by atoms with E-state index in [0.717, 1.165) is 38.2 Å². The second-order valence-electron chi connectivity index (χ2n) is 6.51. The molecule has 2 rings (SSSR count). The molecule has 0 aromatic heterocycles. The first kappa shape index (κ1) is 15.3. The topological polar surface area (TPSA) is 30.5 Å². The van der Waals surface area contributed by atoms with Gasteiger partial charge in [0.15, 0.2) is 0 Å². The molecule has 0 spiro atoms. The third-order valence-electron chi connectivity index (χ3n) is 5.06. The highest BCUT2D eigenvalue weighted by atomic mass is 16.5. The third-order valence-corrected chi connectivity index (χ3v) is 5.06. The first-order valence-corrected chi connectivity index (χ1v) is 8.13. The fraction of sp³-hybridized carbons (Fsp3) is 1.00. The number of rotatable bonds is 6. The van der Waals surface area contributed by atoms with Crippen molar-refractivity contribution in [2.75, 3.05) is 26.4 Å². The summed E-state index contributed by atoms with van der Waals surface area (Å²) in [6.07, 6.45) is 5.46. The van der Waals surface area contributed by atoms with Gasteiger partial charge in [-0.2, -0.15) is 0 Å². The lowest BCUT2D eigenvalue weighted by molar-refractivity contribution is -0.0146. The molecule has 3 nitrogen and oxygen atoms in total. The van der Waals surface area contributed by atoms with E-state index in [0.29, 0.717) is 18.1 Å². The van der Waals surface area contributed by atoms with Gasteiger partial charge in [0.05, 0.1) is 19.3 Å². The smallest absolute Gasteiger partial charge is 0.0626 e. The summed E-state index contributed by atoms with van der Waals surface area (Å²) in [5.41, 5.74) is 0. The third kappa shape index (κ3) is 4.44. The van der Waals surface area contributed by atoms with Gasteiger partial charge in [-0.05, 0) is 44.1 Å². The van der Waals surface area contributed by atoms with E-state index < -0.39 is 0 Å². The van der Waals surface area contributed by atoms with E-state index in [1.54, 1.807) is 0 Å². The van der Waals surface area contributed by atoms with E-state index in [1.807, 2.05) is 0 Å². The zero-order valence-corrected chi connectivity index (χ0v) is 12.9. The highest BCUT2D eigenvalue weighted by Gasteiger charge is 2.28. The van der Waals surface area contributed by atoms with E-state index in [2.05, 4.69) is 26.1 Å². The molecule has 5 unspecified atom stereocenters. The van der Waals surface area contributed by atoms with E-state index >= 15 is 0 Å². The Labute approximate surface area is 118 Å². The van der Waals surface area contributed by atoms with Crippen LogP contribution in [0.3, 0.4) is 0 Å². The normalized spacial score (nSPS) is 37.4. The summed E-state index contributed by atoms with van der Waals surface area (Å²) in [6.45, 7) is 10.6. The molecule has 1 saturated carbocycles. The fourth-order valence-corrected chi connectivity index (χ4v) is 3.38. The van der Waals surface area contributed by atoms with Crippen LogP contribution in [-0.2, 0) is 9.47 Å². The van der Waals surface area contributed by atoms with Crippen LogP contribution in [0.15, 0.2) is 0 Å². The number of likely N-dealkylation sites (N-methyl/N-ethyl adjacent to an activating group) is 1. The molecular weight excluding hydrogens is 238 g/mol. The molecule has 0 aromatic carbocycles. The Balaban J connectivity index is 1.75. The van der Waals surface area contributed by atoms with Crippen molar-refractivity contribution in [2.45, 2.75) is 58.6 Å². The van der Waals surface area contributed by atoms with Crippen LogP contribution in [0.4, 0.5) is 0 Å². The molecule has 1 heterocycles. The van der Waals surface area contributed by atoms with Crippen molar-refractivity contribution in [3.63, 3.8) is 0 Å². The second kappa shape index (κ2) is 7.61. The van der Waals surface area contributed by atoms with Gasteiger partial charge in [0.1, 0.15) is 0 Å². The lowest BCUT2D eigenvalue weighted by Crippen LogP contribution is -2.42. The maximum absolute atomic E-state index is 6.21. The summed E-state index contributed by atoms with van der Waals surface area (Å²) in [5.74, 6) is 2.32. The van der Waals surface area contributed by atoms with Gasteiger partial charge in [-0.1, -0.05) is 20.8 Å². The van der Waals surface area contributed by atoms with E-state index in [-0.39, 0.29) is 0 Å². The van der Waals surface area contributed by atoms with Gasteiger partial charge in [0.25, 0.3) is 0 Å². The van der Waals surface area contributed by atoms with Crippen molar-refractivity contribution in [1.29, 1.82) is 0 Å². The largest absolute Gasteiger partial charge is 0.381 e. The quantitative estimate of drug-likeness (QED) is 0.804. The predicted octanol–water partition coefficient (Wildman–Crippen LogP) is 2.84. The Hall–Kier alpha value is -0.120. The monoisotopic (exact) mass is 269 g/mol. The summed E-state index contributed by atoms with van der Waals surface area (Å²) < 4.78 is 11.7. The molecule has 1 aliphatic heterocycles. The van der Waals surface area contributed by atoms with Crippen molar-refractivity contribution >= 4 is 0 Å². The lowest BCUT2D eigenvalue weighted by atomic mass is 9.80. The number of hydrogen-bond donors (Lipinski definition) is 1. The Morgan fingerprint density at radius 2 is 2.05 bits per heavy atom. The van der Waals surface area contributed by atoms with Gasteiger partial charge in [-0.15, -0.1) is 0 Å². The van der Waals surface area contributed by atoms with Crippen molar-refractivity contribution in [2.24, 2.45) is 17.8 Å². The minimum absolute atomic E-state index is 0.474. The molecule has 2 fully saturated rings. The van der Waals surface area contributed by atoms with Crippen LogP contribution in [-0.4, -0.2) is 38.5 Å². The van der Waals surface area contributed by atoms with E-state index in [1.165, 1.54) is 25.7 Å². The second-order valence-corrected chi connectivity index (χ2v) is 6.51. The molecule has 0 radical (unpaired) electrons. The zero-order chi connectivity index (χ0) is 13.7. The average Bonchev–Trinajstić information content (AvgIpc) is 2.92. The van der Waals surface area contributed by atoms with Crippen molar-refractivity contribution in [3.8, 4) is 0 Å². The molecule has 0 bridgehead atoms. The minimum Gasteiger partial charge on any atom is -0.381 e. The first-order chi connectivity index (χ1) is 9.20. The lowest BCUT2D eigenvalue weighted by Gasteiger charge is -2.33. The SMILES string of the molecule is CCNC(COC1CCC(C)C(C)C1)C1CCOC1. The molecule has 19 heavy (non-hydrogen) atoms. The van der Waals surface area contributed by atoms with Gasteiger partial charge in [0, 0.05) is 18.6 Å². The summed E-state index contributed by atoms with van der Waals surface area (Å²) in [5, 5.41) is 3.58. The van der Waals surface area contributed by atoms with Crippen LogP contribution < -0.4 is 5.32 Å². The molecule has 0 aromatic rings. The molecule has 3 heteroatoms. The van der Waals surface area contributed by atoms with Gasteiger partial charge in [-0.3, -0.25) is 0 Å². The van der Waals surface area contributed by atoms with Crippen molar-refractivity contribution < 1.29 is 9.47 Å². The minimum atomic E-state index is 0.474. The maximum Gasteiger partial charge on any atom is 0.0626 e. The van der Waals surface area contributed by atoms with Crippen LogP contribution in [0.1, 0.15) is 46.5 Å². The average molecular weight is 269 g/mol. The summed E-state index contributed by atoms with van der Waals surface area (Å²) in [7, 11) is 0. The van der Waals surface area contributed by atoms with Crippen LogP contribution in [0.2, 0.25) is 0 Å². The molecule has 5 atom stereocenters. The highest BCUT2D eigenvalue weighted by molar-refractivity contribution is 4.81. The Morgan fingerprint density at radius 3 is 2.68 bits per heavy atom. The van der Waals surface area contributed by atoms with E-state index in [4.69, 9.17) is 9.47 Å². The maximum atomic E-state index is 6.21. The highest BCUT2D eigenvalue weighted by Crippen LogP contribution is 2.31. The first-order valence-electron chi connectivity index (χ1n) is 8.13. The molecule has 2 aliphatic rings. The zero-order valence-electron chi connectivity index (χ0n) is 12.9. The molecule has 1 N–H and O–H groups in total. The van der Waals surface area contributed by atoms with Crippen LogP contribution in [0.5, 0.6) is 0 Å².